The Balaban J connectivity index is 2.14. The van der Waals surface area contributed by atoms with Crippen molar-refractivity contribution in [3.8, 4) is 5.75 Å². The van der Waals surface area contributed by atoms with Crippen molar-refractivity contribution in [2.24, 2.45) is 5.92 Å². The minimum atomic E-state index is 0.218. The summed E-state index contributed by atoms with van der Waals surface area (Å²) >= 11 is 0. The van der Waals surface area contributed by atoms with Gasteiger partial charge in [-0.2, -0.15) is 0 Å². The fourth-order valence-electron chi connectivity index (χ4n) is 2.09. The molecule has 1 atom stereocenters. The summed E-state index contributed by atoms with van der Waals surface area (Å²) in [6.45, 7) is 0.218. The first kappa shape index (κ1) is 9.53. The van der Waals surface area contributed by atoms with Crippen molar-refractivity contribution in [1.82, 2.24) is 0 Å². The second-order valence-electron chi connectivity index (χ2n) is 4.07. The summed E-state index contributed by atoms with van der Waals surface area (Å²) in [5.41, 5.74) is 1.15. The summed E-state index contributed by atoms with van der Waals surface area (Å²) in [5, 5.41) is 18.5. The molecule has 1 aliphatic carbocycles. The largest absolute Gasteiger partial charge is 0.508 e. The Hall–Kier alpha value is -1.02. The van der Waals surface area contributed by atoms with Crippen LogP contribution < -0.4 is 0 Å². The van der Waals surface area contributed by atoms with Crippen molar-refractivity contribution in [3.63, 3.8) is 0 Å². The molecule has 0 bridgehead atoms. The standard InChI is InChI=1S/C12H16O2/c13-8-12(9-2-1-3-9)10-4-6-11(14)7-5-10/h4-7,9,12-14H,1-3,8H2. The first-order chi connectivity index (χ1) is 6.81. The smallest absolute Gasteiger partial charge is 0.115 e. The fraction of sp³-hybridized carbons (Fsp3) is 0.500. The van der Waals surface area contributed by atoms with E-state index in [4.69, 9.17) is 5.11 Å². The number of benzene rings is 1. The molecule has 1 saturated carbocycles. The quantitative estimate of drug-likeness (QED) is 0.771. The molecule has 76 valence electrons. The van der Waals surface area contributed by atoms with Gasteiger partial charge in [-0.25, -0.2) is 0 Å². The average Bonchev–Trinajstić information content (AvgIpc) is 2.13. The summed E-state index contributed by atoms with van der Waals surface area (Å²) in [7, 11) is 0. The van der Waals surface area contributed by atoms with Crippen LogP contribution in [0.3, 0.4) is 0 Å². The fourth-order valence-corrected chi connectivity index (χ4v) is 2.09. The third-order valence-corrected chi connectivity index (χ3v) is 3.24. The van der Waals surface area contributed by atoms with Crippen LogP contribution in [-0.4, -0.2) is 16.8 Å². The lowest BCUT2D eigenvalue weighted by molar-refractivity contribution is 0.173. The van der Waals surface area contributed by atoms with Crippen molar-refractivity contribution in [1.29, 1.82) is 0 Å². The minimum absolute atomic E-state index is 0.218. The van der Waals surface area contributed by atoms with Gasteiger partial charge in [0.1, 0.15) is 5.75 Å². The molecule has 0 aliphatic heterocycles. The maximum absolute atomic E-state index is 9.32. The lowest BCUT2D eigenvalue weighted by atomic mass is 9.73. The molecule has 1 unspecified atom stereocenters. The average molecular weight is 192 g/mol. The predicted molar refractivity (Wildman–Crippen MR) is 55.3 cm³/mol. The minimum Gasteiger partial charge on any atom is -0.508 e. The van der Waals surface area contributed by atoms with E-state index >= 15 is 0 Å². The van der Waals surface area contributed by atoms with Crippen LogP contribution in [0.25, 0.3) is 0 Å². The highest BCUT2D eigenvalue weighted by molar-refractivity contribution is 5.29. The highest BCUT2D eigenvalue weighted by atomic mass is 16.3. The lowest BCUT2D eigenvalue weighted by Crippen LogP contribution is -2.22. The zero-order valence-corrected chi connectivity index (χ0v) is 8.19. The van der Waals surface area contributed by atoms with E-state index in [1.54, 1.807) is 12.1 Å². The van der Waals surface area contributed by atoms with Crippen LogP contribution >= 0.6 is 0 Å². The molecular formula is C12H16O2. The molecule has 2 nitrogen and oxygen atoms in total. The highest BCUT2D eigenvalue weighted by Crippen LogP contribution is 2.39. The summed E-state index contributed by atoms with van der Waals surface area (Å²) in [5.74, 6) is 1.20. The van der Waals surface area contributed by atoms with Gasteiger partial charge in [0.25, 0.3) is 0 Å². The van der Waals surface area contributed by atoms with Crippen LogP contribution in [0.1, 0.15) is 30.7 Å². The van der Waals surface area contributed by atoms with Crippen molar-refractivity contribution in [2.45, 2.75) is 25.2 Å². The van der Waals surface area contributed by atoms with Crippen LogP contribution in [0.15, 0.2) is 24.3 Å². The number of aliphatic hydroxyl groups is 1. The molecule has 2 N–H and O–H groups in total. The second kappa shape index (κ2) is 4.01. The van der Waals surface area contributed by atoms with Crippen molar-refractivity contribution in [2.75, 3.05) is 6.61 Å². The number of hydrogen-bond acceptors (Lipinski definition) is 2. The van der Waals surface area contributed by atoms with Gasteiger partial charge in [0.05, 0.1) is 6.61 Å². The van der Waals surface area contributed by atoms with Gasteiger partial charge in [-0.3, -0.25) is 0 Å². The van der Waals surface area contributed by atoms with Gasteiger partial charge in [0, 0.05) is 5.92 Å². The maximum atomic E-state index is 9.32. The van der Waals surface area contributed by atoms with Gasteiger partial charge >= 0.3 is 0 Å². The van der Waals surface area contributed by atoms with E-state index in [1.807, 2.05) is 12.1 Å². The maximum Gasteiger partial charge on any atom is 0.115 e. The van der Waals surface area contributed by atoms with Gasteiger partial charge in [0.2, 0.25) is 0 Å². The van der Waals surface area contributed by atoms with Crippen LogP contribution in [0, 0.1) is 5.92 Å². The summed E-state index contributed by atoms with van der Waals surface area (Å²) < 4.78 is 0. The zero-order valence-electron chi connectivity index (χ0n) is 8.19. The summed E-state index contributed by atoms with van der Waals surface area (Å²) in [6.07, 6.45) is 3.75. The van der Waals surface area contributed by atoms with Gasteiger partial charge in [-0.05, 0) is 36.5 Å². The van der Waals surface area contributed by atoms with Gasteiger partial charge < -0.3 is 10.2 Å². The van der Waals surface area contributed by atoms with Crippen LogP contribution in [0.4, 0.5) is 0 Å². The number of hydrogen-bond donors (Lipinski definition) is 2. The van der Waals surface area contributed by atoms with Crippen LogP contribution in [0.2, 0.25) is 0 Å². The van der Waals surface area contributed by atoms with Gasteiger partial charge in [-0.1, -0.05) is 18.6 Å². The predicted octanol–water partition coefficient (Wildman–Crippen LogP) is 2.27. The Morgan fingerprint density at radius 1 is 1.21 bits per heavy atom. The normalized spacial score (nSPS) is 18.9. The molecule has 1 aromatic carbocycles. The van der Waals surface area contributed by atoms with E-state index in [0.717, 1.165) is 5.56 Å². The van der Waals surface area contributed by atoms with Gasteiger partial charge in [-0.15, -0.1) is 0 Å². The molecule has 1 aliphatic rings. The Morgan fingerprint density at radius 3 is 2.29 bits per heavy atom. The number of aliphatic hydroxyl groups excluding tert-OH is 1. The molecule has 0 aromatic heterocycles. The molecule has 1 fully saturated rings. The summed E-state index contributed by atoms with van der Waals surface area (Å²) in [6, 6.07) is 7.20. The SMILES string of the molecule is OCC(c1ccc(O)cc1)C1CCC1. The van der Waals surface area contributed by atoms with E-state index < -0.39 is 0 Å². The molecule has 2 rings (SSSR count). The van der Waals surface area contributed by atoms with E-state index in [2.05, 4.69) is 0 Å². The number of rotatable bonds is 3. The number of phenols is 1. The van der Waals surface area contributed by atoms with E-state index in [1.165, 1.54) is 19.3 Å². The molecule has 2 heteroatoms. The van der Waals surface area contributed by atoms with E-state index in [9.17, 15) is 5.11 Å². The second-order valence-corrected chi connectivity index (χ2v) is 4.07. The van der Waals surface area contributed by atoms with Crippen molar-refractivity contribution in [3.05, 3.63) is 29.8 Å². The molecule has 0 saturated heterocycles. The topological polar surface area (TPSA) is 40.5 Å². The highest BCUT2D eigenvalue weighted by Gasteiger charge is 2.27. The first-order valence-electron chi connectivity index (χ1n) is 5.21. The Kier molecular flexibility index (Phi) is 2.73. The molecule has 1 aromatic rings. The molecule has 0 amide bonds. The molecular weight excluding hydrogens is 176 g/mol. The molecule has 14 heavy (non-hydrogen) atoms. The first-order valence-corrected chi connectivity index (χ1v) is 5.21. The third kappa shape index (κ3) is 1.75. The number of aromatic hydroxyl groups is 1. The third-order valence-electron chi connectivity index (χ3n) is 3.24. The Bertz CT molecular complexity index is 288. The Morgan fingerprint density at radius 2 is 1.86 bits per heavy atom. The van der Waals surface area contributed by atoms with E-state index in [-0.39, 0.29) is 12.5 Å². The molecule has 0 heterocycles. The zero-order chi connectivity index (χ0) is 9.97. The monoisotopic (exact) mass is 192 g/mol. The number of phenolic OH excluding ortho intramolecular Hbond substituents is 1. The van der Waals surface area contributed by atoms with Crippen molar-refractivity contribution < 1.29 is 10.2 Å². The summed E-state index contributed by atoms with van der Waals surface area (Å²) in [4.78, 5) is 0. The van der Waals surface area contributed by atoms with Crippen molar-refractivity contribution >= 4 is 0 Å². The molecule has 0 spiro atoms. The van der Waals surface area contributed by atoms with Crippen LogP contribution in [0.5, 0.6) is 5.75 Å². The van der Waals surface area contributed by atoms with Gasteiger partial charge in [0.15, 0.2) is 0 Å². The van der Waals surface area contributed by atoms with E-state index in [0.29, 0.717) is 11.7 Å². The lowest BCUT2D eigenvalue weighted by Gasteiger charge is -2.33. The van der Waals surface area contributed by atoms with Crippen LogP contribution in [-0.2, 0) is 0 Å². The Labute approximate surface area is 84.2 Å². The molecule has 0 radical (unpaired) electrons.